The molecule has 3 N–H and O–H groups in total. The van der Waals surface area contributed by atoms with Crippen molar-refractivity contribution in [1.82, 2.24) is 19.6 Å². The fourth-order valence-corrected chi connectivity index (χ4v) is 5.38. The van der Waals surface area contributed by atoms with E-state index in [2.05, 4.69) is 20.6 Å². The first-order valence-corrected chi connectivity index (χ1v) is 13.5. The Hall–Kier alpha value is -3.08. The van der Waals surface area contributed by atoms with Crippen molar-refractivity contribution in [2.45, 2.75) is 31.8 Å². The third-order valence-electron chi connectivity index (χ3n) is 6.06. The number of nitrogens with zero attached hydrogens (tertiary/aromatic N) is 3. The zero-order valence-corrected chi connectivity index (χ0v) is 20.4. The first kappa shape index (κ1) is 25.0. The Morgan fingerprint density at radius 1 is 1.14 bits per heavy atom. The van der Waals surface area contributed by atoms with Gasteiger partial charge < -0.3 is 15.7 Å². The lowest BCUT2D eigenvalue weighted by Crippen LogP contribution is -2.45. The molecule has 4 rings (SSSR count). The van der Waals surface area contributed by atoms with Gasteiger partial charge in [0, 0.05) is 24.7 Å². The maximum Gasteiger partial charge on any atom is 0.223 e. The highest BCUT2D eigenvalue weighted by atomic mass is 32.2. The Morgan fingerprint density at radius 2 is 1.89 bits per heavy atom. The van der Waals surface area contributed by atoms with Crippen LogP contribution in [0.2, 0.25) is 0 Å². The summed E-state index contributed by atoms with van der Waals surface area (Å²) in [6.07, 6.45) is 4.57. The van der Waals surface area contributed by atoms with Gasteiger partial charge in [-0.3, -0.25) is 0 Å². The smallest absolute Gasteiger partial charge is 0.223 e. The van der Waals surface area contributed by atoms with Crippen molar-refractivity contribution in [1.29, 1.82) is 0 Å². The van der Waals surface area contributed by atoms with Crippen molar-refractivity contribution in [3.05, 3.63) is 71.7 Å². The lowest BCUT2D eigenvalue weighted by atomic mass is 10.0. The second kappa shape index (κ2) is 11.1. The van der Waals surface area contributed by atoms with Gasteiger partial charge >= 0.3 is 0 Å². The van der Waals surface area contributed by atoms with Gasteiger partial charge in [0.05, 0.1) is 12.5 Å². The molecule has 0 atom stereocenters. The summed E-state index contributed by atoms with van der Waals surface area (Å²) < 4.78 is 41.2. The molecule has 1 fully saturated rings. The van der Waals surface area contributed by atoms with Gasteiger partial charge in [-0.15, -0.1) is 0 Å². The average molecular weight is 500 g/mol. The van der Waals surface area contributed by atoms with Crippen LogP contribution < -0.4 is 10.6 Å². The van der Waals surface area contributed by atoms with E-state index in [1.54, 1.807) is 34.6 Å². The number of hydrogen-bond acceptors (Lipinski definition) is 7. The van der Waals surface area contributed by atoms with Crippen LogP contribution in [0.25, 0.3) is 11.3 Å². The number of halogens is 1. The number of aromatic nitrogens is 2. The molecule has 8 nitrogen and oxygen atoms in total. The number of sulfonamides is 1. The monoisotopic (exact) mass is 499 g/mol. The highest BCUT2D eigenvalue weighted by Crippen LogP contribution is 2.25. The Kier molecular flexibility index (Phi) is 7.94. The number of aromatic hydroxyl groups is 1. The predicted octanol–water partition coefficient (Wildman–Crippen LogP) is 3.16. The number of piperidine rings is 1. The molecule has 186 valence electrons. The molecule has 1 saturated heterocycles. The van der Waals surface area contributed by atoms with Gasteiger partial charge in [-0.1, -0.05) is 30.3 Å². The molecule has 0 bridgehead atoms. The Bertz CT molecular complexity index is 1250. The van der Waals surface area contributed by atoms with Gasteiger partial charge in [0.15, 0.2) is 5.82 Å². The molecule has 10 heteroatoms. The minimum atomic E-state index is -3.41. The topological polar surface area (TPSA) is 107 Å². The Morgan fingerprint density at radius 3 is 2.60 bits per heavy atom. The summed E-state index contributed by atoms with van der Waals surface area (Å²) in [6.45, 7) is 2.33. The van der Waals surface area contributed by atoms with Gasteiger partial charge in [0.2, 0.25) is 16.0 Å². The van der Waals surface area contributed by atoms with Crippen LogP contribution in [0.15, 0.2) is 54.7 Å². The van der Waals surface area contributed by atoms with E-state index in [9.17, 15) is 17.9 Å². The van der Waals surface area contributed by atoms with Crippen molar-refractivity contribution in [3.63, 3.8) is 0 Å². The highest BCUT2D eigenvalue weighted by Gasteiger charge is 2.28. The molecule has 0 radical (unpaired) electrons. The van der Waals surface area contributed by atoms with Gasteiger partial charge in [0.25, 0.3) is 0 Å². The van der Waals surface area contributed by atoms with Crippen LogP contribution in [0, 0.1) is 5.82 Å². The second-order valence-electron chi connectivity index (χ2n) is 8.72. The van der Waals surface area contributed by atoms with Crippen LogP contribution in [0.4, 0.5) is 10.3 Å². The van der Waals surface area contributed by atoms with Gasteiger partial charge in [-0.05, 0) is 61.7 Å². The fourth-order valence-electron chi connectivity index (χ4n) is 4.24. The molecule has 35 heavy (non-hydrogen) atoms. The maximum absolute atomic E-state index is 14.7. The van der Waals surface area contributed by atoms with Gasteiger partial charge in [0.1, 0.15) is 11.4 Å². The van der Waals surface area contributed by atoms with Gasteiger partial charge in [-0.2, -0.15) is 4.31 Å². The van der Waals surface area contributed by atoms with Crippen LogP contribution in [0.3, 0.4) is 0 Å². The second-order valence-corrected chi connectivity index (χ2v) is 10.7. The van der Waals surface area contributed by atoms with Crippen LogP contribution >= 0.6 is 0 Å². The number of phenols is 1. The standard InChI is InChI=1S/C25H30FN5O3S/c1-35(33,34)31(21-10-12-27-13-11-21)17-19-3-2-4-20(15-19)24-23(26)16-29-25(30-24)28-14-9-18-5-7-22(32)8-6-18/h2-8,15-16,21,27,32H,9-14,17H2,1H3,(H,28,29,30). The normalized spacial score (nSPS) is 14.8. The first-order valence-electron chi connectivity index (χ1n) is 11.6. The number of anilines is 1. The summed E-state index contributed by atoms with van der Waals surface area (Å²) in [6, 6.07) is 14.0. The van der Waals surface area contributed by atoms with Crippen LogP contribution in [-0.2, 0) is 23.0 Å². The molecule has 1 aliphatic rings. The zero-order chi connectivity index (χ0) is 24.8. The number of phenolic OH excluding ortho intramolecular Hbond substituents is 1. The first-order chi connectivity index (χ1) is 16.8. The molecule has 0 spiro atoms. The molecule has 0 unspecified atom stereocenters. The molecule has 2 aromatic carbocycles. The largest absolute Gasteiger partial charge is 0.508 e. The molecule has 3 aromatic rings. The van der Waals surface area contributed by atoms with Crippen LogP contribution in [0.1, 0.15) is 24.0 Å². The van der Waals surface area contributed by atoms with E-state index >= 15 is 0 Å². The number of hydrogen-bond donors (Lipinski definition) is 3. The van der Waals surface area contributed by atoms with E-state index in [1.807, 2.05) is 18.2 Å². The third kappa shape index (κ3) is 6.74. The minimum Gasteiger partial charge on any atom is -0.508 e. The fraction of sp³-hybridized carbons (Fsp3) is 0.360. The van der Waals surface area contributed by atoms with E-state index in [0.29, 0.717) is 24.5 Å². The summed E-state index contributed by atoms with van der Waals surface area (Å²) in [5.74, 6) is -0.0338. The maximum atomic E-state index is 14.7. The van der Waals surface area contributed by atoms with Crippen LogP contribution in [-0.4, -0.2) is 59.7 Å². The summed E-state index contributed by atoms with van der Waals surface area (Å²) in [5, 5.41) is 15.8. The van der Waals surface area contributed by atoms with E-state index in [1.165, 1.54) is 6.26 Å². The molecular formula is C25H30FN5O3S. The third-order valence-corrected chi connectivity index (χ3v) is 7.34. The minimum absolute atomic E-state index is 0.0601. The quantitative estimate of drug-likeness (QED) is 0.415. The summed E-state index contributed by atoms with van der Waals surface area (Å²) in [4.78, 5) is 8.41. The summed E-state index contributed by atoms with van der Waals surface area (Å²) in [5.41, 5.74) is 2.52. The summed E-state index contributed by atoms with van der Waals surface area (Å²) in [7, 11) is -3.41. The van der Waals surface area contributed by atoms with Crippen LogP contribution in [0.5, 0.6) is 5.75 Å². The van der Waals surface area contributed by atoms with E-state index in [0.717, 1.165) is 43.3 Å². The lowest BCUT2D eigenvalue weighted by molar-refractivity contribution is 0.258. The van der Waals surface area contributed by atoms with Crippen molar-refractivity contribution >= 4 is 16.0 Å². The zero-order valence-electron chi connectivity index (χ0n) is 19.6. The molecule has 1 aromatic heterocycles. The van der Waals surface area contributed by atoms with E-state index in [-0.39, 0.29) is 24.0 Å². The highest BCUT2D eigenvalue weighted by molar-refractivity contribution is 7.88. The molecule has 0 amide bonds. The Labute approximate surface area is 205 Å². The van der Waals surface area contributed by atoms with Crippen molar-refractivity contribution in [2.75, 3.05) is 31.2 Å². The van der Waals surface area contributed by atoms with E-state index < -0.39 is 15.8 Å². The molecular weight excluding hydrogens is 469 g/mol. The van der Waals surface area contributed by atoms with Crippen molar-refractivity contribution < 1.29 is 17.9 Å². The summed E-state index contributed by atoms with van der Waals surface area (Å²) >= 11 is 0. The predicted molar refractivity (Wildman–Crippen MR) is 134 cm³/mol. The molecule has 0 saturated carbocycles. The number of benzene rings is 2. The molecule has 0 aliphatic carbocycles. The van der Waals surface area contributed by atoms with Gasteiger partial charge in [-0.25, -0.2) is 22.8 Å². The van der Waals surface area contributed by atoms with Crippen molar-refractivity contribution in [2.24, 2.45) is 0 Å². The average Bonchev–Trinajstić information content (AvgIpc) is 2.85. The molecule has 2 heterocycles. The lowest BCUT2D eigenvalue weighted by Gasteiger charge is -2.32. The Balaban J connectivity index is 1.49. The SMILES string of the molecule is CS(=O)(=O)N(Cc1cccc(-c2nc(NCCc3ccc(O)cc3)ncc2F)c1)C1CCNCC1. The number of rotatable bonds is 9. The van der Waals surface area contributed by atoms with E-state index in [4.69, 9.17) is 0 Å². The molecule has 1 aliphatic heterocycles. The number of nitrogens with one attached hydrogen (secondary N) is 2. The van der Waals surface area contributed by atoms with Crippen molar-refractivity contribution in [3.8, 4) is 17.0 Å².